The van der Waals surface area contributed by atoms with Crippen molar-refractivity contribution in [3.05, 3.63) is 45.0 Å². The van der Waals surface area contributed by atoms with Crippen LogP contribution in [0.1, 0.15) is 5.69 Å². The van der Waals surface area contributed by atoms with Crippen molar-refractivity contribution in [2.75, 3.05) is 5.73 Å². The summed E-state index contributed by atoms with van der Waals surface area (Å²) >= 11 is 18.2. The number of nitrogens with zero attached hydrogens (tertiary/aromatic N) is 1. The lowest BCUT2D eigenvalue weighted by atomic mass is 10.1. The number of nitrogens with two attached hydrogens (primary N) is 1. The number of nitrogen functional groups attached to an aromatic ring is 1. The summed E-state index contributed by atoms with van der Waals surface area (Å²) in [5.74, 6) is -1.02. The van der Waals surface area contributed by atoms with E-state index >= 15 is 0 Å². The fourth-order valence-electron chi connectivity index (χ4n) is 1.70. The number of hydrogen-bond acceptors (Lipinski definition) is 3. The molecule has 0 saturated carbocycles. The van der Waals surface area contributed by atoms with Crippen molar-refractivity contribution < 1.29 is 9.90 Å². The van der Waals surface area contributed by atoms with E-state index in [2.05, 4.69) is 4.98 Å². The number of carbonyl (C=O) groups is 1. The van der Waals surface area contributed by atoms with Crippen LogP contribution < -0.4 is 5.73 Å². The first-order valence-corrected chi connectivity index (χ1v) is 6.64. The molecule has 0 amide bonds. The molecule has 1 heterocycles. The van der Waals surface area contributed by atoms with Crippen molar-refractivity contribution >= 4 is 46.5 Å². The summed E-state index contributed by atoms with van der Waals surface area (Å²) in [6.45, 7) is 0. The number of anilines is 1. The van der Waals surface area contributed by atoms with E-state index in [0.717, 1.165) is 0 Å². The number of halogens is 3. The molecule has 1 aromatic heterocycles. The van der Waals surface area contributed by atoms with Crippen molar-refractivity contribution in [1.82, 2.24) is 4.98 Å². The maximum atomic E-state index is 10.8. The molecule has 3 N–H and O–H groups in total. The fourth-order valence-corrected chi connectivity index (χ4v) is 2.42. The molecule has 2 aromatic rings. The Morgan fingerprint density at radius 3 is 2.45 bits per heavy atom. The van der Waals surface area contributed by atoms with Crippen molar-refractivity contribution in [2.24, 2.45) is 0 Å². The van der Waals surface area contributed by atoms with Gasteiger partial charge in [0.25, 0.3) is 0 Å². The largest absolute Gasteiger partial charge is 0.481 e. The van der Waals surface area contributed by atoms with Crippen LogP contribution in [0.2, 0.25) is 15.1 Å². The number of benzene rings is 1. The minimum absolute atomic E-state index is 0.252. The van der Waals surface area contributed by atoms with Gasteiger partial charge in [-0.05, 0) is 24.3 Å². The summed E-state index contributed by atoms with van der Waals surface area (Å²) in [5.41, 5.74) is 7.13. The van der Waals surface area contributed by atoms with Crippen LogP contribution in [0.3, 0.4) is 0 Å². The molecule has 4 nitrogen and oxygen atoms in total. The third-order valence-corrected chi connectivity index (χ3v) is 3.75. The summed E-state index contributed by atoms with van der Waals surface area (Å²) in [6.07, 6.45) is -0.282. The van der Waals surface area contributed by atoms with Gasteiger partial charge < -0.3 is 10.8 Å². The van der Waals surface area contributed by atoms with Gasteiger partial charge in [-0.2, -0.15) is 0 Å². The normalized spacial score (nSPS) is 10.6. The summed E-state index contributed by atoms with van der Waals surface area (Å²) in [6, 6.07) is 6.35. The molecule has 0 unspecified atom stereocenters. The Bertz CT molecular complexity index is 690. The van der Waals surface area contributed by atoms with Gasteiger partial charge in [0.2, 0.25) is 0 Å². The summed E-state index contributed by atoms with van der Waals surface area (Å²) in [5, 5.41) is 9.81. The van der Waals surface area contributed by atoms with E-state index in [1.807, 2.05) is 0 Å². The number of aliphatic carboxylic acids is 1. The van der Waals surface area contributed by atoms with Crippen LogP contribution in [0.5, 0.6) is 0 Å². The van der Waals surface area contributed by atoms with Gasteiger partial charge in [0, 0.05) is 5.56 Å². The van der Waals surface area contributed by atoms with Gasteiger partial charge in [0.1, 0.15) is 0 Å². The Morgan fingerprint density at radius 1 is 1.15 bits per heavy atom. The molecule has 0 aliphatic carbocycles. The van der Waals surface area contributed by atoms with Crippen LogP contribution in [0.15, 0.2) is 24.3 Å². The minimum Gasteiger partial charge on any atom is -0.481 e. The van der Waals surface area contributed by atoms with Gasteiger partial charge in [-0.25, -0.2) is 4.98 Å². The van der Waals surface area contributed by atoms with Gasteiger partial charge in [-0.1, -0.05) is 34.8 Å². The Kier molecular flexibility index (Phi) is 4.38. The first-order chi connectivity index (χ1) is 9.40. The van der Waals surface area contributed by atoms with E-state index in [4.69, 9.17) is 45.6 Å². The smallest absolute Gasteiger partial charge is 0.309 e. The molecule has 104 valence electrons. The van der Waals surface area contributed by atoms with Crippen molar-refractivity contribution in [2.45, 2.75) is 6.42 Å². The molecule has 0 aliphatic heterocycles. The van der Waals surface area contributed by atoms with Gasteiger partial charge in [-0.15, -0.1) is 0 Å². The highest BCUT2D eigenvalue weighted by molar-refractivity contribution is 6.46. The number of carboxylic acid groups (broad SMARTS) is 1. The summed E-state index contributed by atoms with van der Waals surface area (Å²) in [4.78, 5) is 15.0. The van der Waals surface area contributed by atoms with E-state index in [1.54, 1.807) is 24.3 Å². The van der Waals surface area contributed by atoms with Crippen LogP contribution in [0.4, 0.5) is 5.69 Å². The highest BCUT2D eigenvalue weighted by atomic mass is 35.5. The number of hydrogen-bond donors (Lipinski definition) is 2. The molecule has 0 spiro atoms. The second kappa shape index (κ2) is 5.87. The number of aromatic nitrogens is 1. The zero-order valence-electron chi connectivity index (χ0n) is 10.0. The number of carboxylic acids is 1. The summed E-state index contributed by atoms with van der Waals surface area (Å²) < 4.78 is 0. The Labute approximate surface area is 130 Å². The van der Waals surface area contributed by atoms with Crippen LogP contribution in [-0.2, 0) is 11.2 Å². The number of pyridine rings is 1. The standard InChI is InChI=1S/C13H9Cl3N2O2/c14-6-1-2-7(15)13(16)12(6)9-4-3-8(17)10(18-9)5-11(19)20/h1-4H,5,17H2,(H,19,20). The quantitative estimate of drug-likeness (QED) is 0.836. The van der Waals surface area contributed by atoms with Crippen molar-refractivity contribution in [3.8, 4) is 11.3 Å². The van der Waals surface area contributed by atoms with E-state index in [1.165, 1.54) is 0 Å². The zero-order chi connectivity index (χ0) is 14.9. The molecule has 2 rings (SSSR count). The molecule has 0 fully saturated rings. The minimum atomic E-state index is -1.02. The maximum absolute atomic E-state index is 10.8. The number of rotatable bonds is 3. The molecule has 0 aliphatic rings. The molecule has 1 aromatic carbocycles. The topological polar surface area (TPSA) is 76.2 Å². The molecular formula is C13H9Cl3N2O2. The Hall–Kier alpha value is -1.49. The van der Waals surface area contributed by atoms with Crippen molar-refractivity contribution in [3.63, 3.8) is 0 Å². The first kappa shape index (κ1) is 14.9. The average molecular weight is 332 g/mol. The lowest BCUT2D eigenvalue weighted by Gasteiger charge is -2.10. The first-order valence-electron chi connectivity index (χ1n) is 5.51. The molecule has 0 radical (unpaired) electrons. The van der Waals surface area contributed by atoms with E-state index < -0.39 is 5.97 Å². The van der Waals surface area contributed by atoms with Crippen LogP contribution in [0, 0.1) is 0 Å². The third kappa shape index (κ3) is 2.98. The van der Waals surface area contributed by atoms with E-state index in [0.29, 0.717) is 27.0 Å². The predicted octanol–water partition coefficient (Wildman–Crippen LogP) is 3.92. The molecule has 0 bridgehead atoms. The lowest BCUT2D eigenvalue weighted by Crippen LogP contribution is -2.06. The van der Waals surface area contributed by atoms with Crippen LogP contribution >= 0.6 is 34.8 Å². The third-order valence-electron chi connectivity index (χ3n) is 2.63. The van der Waals surface area contributed by atoms with Crippen molar-refractivity contribution in [1.29, 1.82) is 0 Å². The lowest BCUT2D eigenvalue weighted by molar-refractivity contribution is -0.136. The fraction of sp³-hybridized carbons (Fsp3) is 0.0769. The molecule has 7 heteroatoms. The van der Waals surface area contributed by atoms with E-state index in [-0.39, 0.29) is 17.1 Å². The monoisotopic (exact) mass is 330 g/mol. The highest BCUT2D eigenvalue weighted by Gasteiger charge is 2.15. The van der Waals surface area contributed by atoms with Gasteiger partial charge in [0.05, 0.1) is 38.6 Å². The Balaban J connectivity index is 2.59. The van der Waals surface area contributed by atoms with Gasteiger partial charge in [0.15, 0.2) is 0 Å². The van der Waals surface area contributed by atoms with Crippen LogP contribution in [0.25, 0.3) is 11.3 Å². The maximum Gasteiger partial charge on any atom is 0.309 e. The highest BCUT2D eigenvalue weighted by Crippen LogP contribution is 2.38. The Morgan fingerprint density at radius 2 is 1.80 bits per heavy atom. The van der Waals surface area contributed by atoms with Crippen LogP contribution in [-0.4, -0.2) is 16.1 Å². The molecule has 0 saturated heterocycles. The molecule has 0 atom stereocenters. The van der Waals surface area contributed by atoms with Gasteiger partial charge >= 0.3 is 5.97 Å². The van der Waals surface area contributed by atoms with Gasteiger partial charge in [-0.3, -0.25) is 4.79 Å². The summed E-state index contributed by atoms with van der Waals surface area (Å²) in [7, 11) is 0. The molecule has 20 heavy (non-hydrogen) atoms. The van der Waals surface area contributed by atoms with E-state index in [9.17, 15) is 4.79 Å². The molecular weight excluding hydrogens is 323 g/mol. The SMILES string of the molecule is Nc1ccc(-c2c(Cl)ccc(Cl)c2Cl)nc1CC(=O)O. The zero-order valence-corrected chi connectivity index (χ0v) is 12.3. The second-order valence-corrected chi connectivity index (χ2v) is 5.21. The average Bonchev–Trinajstić information content (AvgIpc) is 2.37. The second-order valence-electron chi connectivity index (χ2n) is 4.02. The predicted molar refractivity (Wildman–Crippen MR) is 80.5 cm³/mol.